The monoisotopic (exact) mass is 220 g/mol. The Morgan fingerprint density at radius 3 is 2.56 bits per heavy atom. The lowest BCUT2D eigenvalue weighted by Gasteiger charge is -2.22. The summed E-state index contributed by atoms with van der Waals surface area (Å²) < 4.78 is 15.2. The molecule has 0 fully saturated rings. The zero-order valence-electron chi connectivity index (χ0n) is 9.18. The molecule has 0 amide bonds. The number of rotatable bonds is 2. The highest BCUT2D eigenvalue weighted by Gasteiger charge is 2.30. The highest BCUT2D eigenvalue weighted by atomic mass is 19.1. The summed E-state index contributed by atoms with van der Waals surface area (Å²) in [5, 5.41) is 14.4. The first-order valence-corrected chi connectivity index (χ1v) is 4.99. The minimum absolute atomic E-state index is 0.230. The maximum atomic E-state index is 13.6. The SMILES string of the molecule is Cn1ccc(C(C)(O)c2ccccc2F)n1. The van der Waals surface area contributed by atoms with Crippen molar-refractivity contribution in [1.82, 2.24) is 9.78 Å². The molecular formula is C12H13FN2O. The first-order valence-electron chi connectivity index (χ1n) is 4.99. The van der Waals surface area contributed by atoms with Gasteiger partial charge in [-0.05, 0) is 19.1 Å². The Balaban J connectivity index is 2.50. The zero-order valence-corrected chi connectivity index (χ0v) is 9.18. The second-order valence-corrected chi connectivity index (χ2v) is 3.93. The Morgan fingerprint density at radius 2 is 2.00 bits per heavy atom. The molecule has 84 valence electrons. The Hall–Kier alpha value is -1.68. The van der Waals surface area contributed by atoms with Crippen molar-refractivity contribution >= 4 is 0 Å². The third-order valence-corrected chi connectivity index (χ3v) is 2.61. The van der Waals surface area contributed by atoms with Crippen LogP contribution in [0.2, 0.25) is 0 Å². The summed E-state index contributed by atoms with van der Waals surface area (Å²) in [7, 11) is 1.75. The fraction of sp³-hybridized carbons (Fsp3) is 0.250. The van der Waals surface area contributed by atoms with Crippen molar-refractivity contribution in [2.45, 2.75) is 12.5 Å². The number of halogens is 1. The molecule has 1 aromatic heterocycles. The molecule has 0 radical (unpaired) electrons. The largest absolute Gasteiger partial charge is 0.379 e. The maximum absolute atomic E-state index is 13.6. The average molecular weight is 220 g/mol. The molecule has 1 heterocycles. The minimum Gasteiger partial charge on any atom is -0.379 e. The highest BCUT2D eigenvalue weighted by molar-refractivity contribution is 5.31. The van der Waals surface area contributed by atoms with E-state index in [1.54, 1.807) is 42.2 Å². The van der Waals surface area contributed by atoms with Gasteiger partial charge in [0.1, 0.15) is 11.4 Å². The van der Waals surface area contributed by atoms with Gasteiger partial charge in [-0.1, -0.05) is 18.2 Å². The van der Waals surface area contributed by atoms with Crippen molar-refractivity contribution in [2.24, 2.45) is 7.05 Å². The van der Waals surface area contributed by atoms with Gasteiger partial charge in [-0.15, -0.1) is 0 Å². The Kier molecular flexibility index (Phi) is 2.52. The van der Waals surface area contributed by atoms with Crippen LogP contribution < -0.4 is 0 Å². The predicted octanol–water partition coefficient (Wildman–Crippen LogP) is 1.81. The van der Waals surface area contributed by atoms with E-state index in [0.717, 1.165) is 0 Å². The second-order valence-electron chi connectivity index (χ2n) is 3.93. The number of hydrogen-bond acceptors (Lipinski definition) is 2. The predicted molar refractivity (Wildman–Crippen MR) is 58.3 cm³/mol. The fourth-order valence-corrected chi connectivity index (χ4v) is 1.67. The van der Waals surface area contributed by atoms with Crippen LogP contribution in [0, 0.1) is 5.82 Å². The lowest BCUT2D eigenvalue weighted by atomic mass is 9.92. The Morgan fingerprint density at radius 1 is 1.31 bits per heavy atom. The van der Waals surface area contributed by atoms with Gasteiger partial charge < -0.3 is 5.11 Å². The summed E-state index contributed by atoms with van der Waals surface area (Å²) >= 11 is 0. The number of hydrogen-bond donors (Lipinski definition) is 1. The van der Waals surface area contributed by atoms with Crippen molar-refractivity contribution in [3.05, 3.63) is 53.6 Å². The smallest absolute Gasteiger partial charge is 0.133 e. The summed E-state index contributed by atoms with van der Waals surface area (Å²) in [4.78, 5) is 0. The Bertz CT molecular complexity index is 505. The van der Waals surface area contributed by atoms with Crippen molar-refractivity contribution in [1.29, 1.82) is 0 Å². The fourth-order valence-electron chi connectivity index (χ4n) is 1.67. The molecule has 2 rings (SSSR count). The molecule has 3 nitrogen and oxygen atoms in total. The van der Waals surface area contributed by atoms with Crippen LogP contribution in [-0.4, -0.2) is 14.9 Å². The standard InChI is InChI=1S/C12H13FN2O/c1-12(16,11-7-8-15(2)14-11)9-5-3-4-6-10(9)13/h3-8,16H,1-2H3. The normalized spacial score (nSPS) is 14.8. The molecule has 0 saturated carbocycles. The van der Waals surface area contributed by atoms with E-state index in [0.29, 0.717) is 5.69 Å². The molecule has 2 aromatic rings. The van der Waals surface area contributed by atoms with Gasteiger partial charge in [0, 0.05) is 18.8 Å². The number of aromatic nitrogens is 2. The van der Waals surface area contributed by atoms with Gasteiger partial charge in [0.05, 0.1) is 5.69 Å². The minimum atomic E-state index is -1.41. The van der Waals surface area contributed by atoms with E-state index < -0.39 is 11.4 Å². The molecule has 1 atom stereocenters. The van der Waals surface area contributed by atoms with Gasteiger partial charge in [-0.25, -0.2) is 4.39 Å². The molecule has 16 heavy (non-hydrogen) atoms. The van der Waals surface area contributed by atoms with Gasteiger partial charge in [0.25, 0.3) is 0 Å². The molecule has 1 unspecified atom stereocenters. The van der Waals surface area contributed by atoms with E-state index in [-0.39, 0.29) is 5.56 Å². The summed E-state index contributed by atoms with van der Waals surface area (Å²) in [5.74, 6) is -0.432. The molecule has 0 bridgehead atoms. The summed E-state index contributed by atoms with van der Waals surface area (Å²) in [6.45, 7) is 1.54. The number of benzene rings is 1. The van der Waals surface area contributed by atoms with Crippen LogP contribution in [-0.2, 0) is 12.6 Å². The second kappa shape index (κ2) is 3.72. The van der Waals surface area contributed by atoms with Crippen LogP contribution in [0.25, 0.3) is 0 Å². The maximum Gasteiger partial charge on any atom is 0.133 e. The number of nitrogens with zero attached hydrogens (tertiary/aromatic N) is 2. The molecule has 0 saturated heterocycles. The van der Waals surface area contributed by atoms with E-state index >= 15 is 0 Å². The van der Waals surface area contributed by atoms with Crippen LogP contribution in [0.15, 0.2) is 36.5 Å². The topological polar surface area (TPSA) is 38.0 Å². The van der Waals surface area contributed by atoms with Gasteiger partial charge >= 0.3 is 0 Å². The van der Waals surface area contributed by atoms with Gasteiger partial charge in [0.15, 0.2) is 0 Å². The van der Waals surface area contributed by atoms with E-state index in [1.807, 2.05) is 0 Å². The molecule has 1 N–H and O–H groups in total. The van der Waals surface area contributed by atoms with E-state index in [2.05, 4.69) is 5.10 Å². The summed E-state index contributed by atoms with van der Waals surface area (Å²) in [6.07, 6.45) is 1.71. The van der Waals surface area contributed by atoms with E-state index in [1.165, 1.54) is 13.0 Å². The average Bonchev–Trinajstić information content (AvgIpc) is 2.66. The van der Waals surface area contributed by atoms with Gasteiger partial charge in [-0.2, -0.15) is 5.10 Å². The summed E-state index contributed by atoms with van der Waals surface area (Å²) in [6, 6.07) is 7.84. The van der Waals surface area contributed by atoms with E-state index in [9.17, 15) is 9.50 Å². The third kappa shape index (κ3) is 1.72. The number of aliphatic hydroxyl groups is 1. The quantitative estimate of drug-likeness (QED) is 0.838. The van der Waals surface area contributed by atoms with Crippen LogP contribution in [0.4, 0.5) is 4.39 Å². The van der Waals surface area contributed by atoms with Crippen molar-refractivity contribution < 1.29 is 9.50 Å². The lowest BCUT2D eigenvalue weighted by molar-refractivity contribution is 0.0925. The van der Waals surface area contributed by atoms with Gasteiger partial charge in [0.2, 0.25) is 0 Å². The molecule has 0 aliphatic rings. The van der Waals surface area contributed by atoms with E-state index in [4.69, 9.17) is 0 Å². The Labute approximate surface area is 93.2 Å². The van der Waals surface area contributed by atoms with Crippen LogP contribution in [0.1, 0.15) is 18.2 Å². The molecule has 4 heteroatoms. The first-order chi connectivity index (χ1) is 7.51. The zero-order chi connectivity index (χ0) is 11.8. The number of aryl methyl sites for hydroxylation is 1. The van der Waals surface area contributed by atoms with Crippen LogP contribution in [0.5, 0.6) is 0 Å². The molecule has 0 aliphatic heterocycles. The summed E-state index contributed by atoms with van der Waals surface area (Å²) in [5.41, 5.74) is -0.749. The molecule has 0 aliphatic carbocycles. The molecular weight excluding hydrogens is 207 g/mol. The van der Waals surface area contributed by atoms with Gasteiger partial charge in [-0.3, -0.25) is 4.68 Å². The van der Waals surface area contributed by atoms with Crippen molar-refractivity contribution in [3.8, 4) is 0 Å². The van der Waals surface area contributed by atoms with Crippen molar-refractivity contribution in [2.75, 3.05) is 0 Å². The van der Waals surface area contributed by atoms with Crippen molar-refractivity contribution in [3.63, 3.8) is 0 Å². The van der Waals surface area contributed by atoms with Crippen LogP contribution in [0.3, 0.4) is 0 Å². The first kappa shape index (κ1) is 10.8. The molecule has 1 aromatic carbocycles. The van der Waals surface area contributed by atoms with Crippen LogP contribution >= 0.6 is 0 Å². The highest BCUT2D eigenvalue weighted by Crippen LogP contribution is 2.29. The lowest BCUT2D eigenvalue weighted by Crippen LogP contribution is -2.25. The molecule has 0 spiro atoms. The third-order valence-electron chi connectivity index (χ3n) is 2.61.